The van der Waals surface area contributed by atoms with E-state index in [0.717, 1.165) is 22.0 Å². The third-order valence-electron chi connectivity index (χ3n) is 5.19. The number of rotatable bonds is 4. The van der Waals surface area contributed by atoms with Crippen LogP contribution in [0.3, 0.4) is 0 Å². The number of carbonyl (C=O) groups is 1. The molecule has 5 rings (SSSR count). The molecule has 2 heterocycles. The van der Waals surface area contributed by atoms with Crippen LogP contribution in [0, 0.1) is 11.6 Å². The van der Waals surface area contributed by atoms with Crippen molar-refractivity contribution in [1.82, 2.24) is 15.3 Å². The number of amides is 1. The number of aromatic nitrogens is 2. The van der Waals surface area contributed by atoms with Crippen LogP contribution in [0.1, 0.15) is 10.4 Å². The summed E-state index contributed by atoms with van der Waals surface area (Å²) in [4.78, 5) is 20.4. The Hall–Kier alpha value is -3.91. The molecule has 1 amide bonds. The average Bonchev–Trinajstić information content (AvgIpc) is 3.26. The molecule has 0 fully saturated rings. The maximum absolute atomic E-state index is 14.9. The monoisotopic (exact) mass is 446 g/mol. The van der Waals surface area contributed by atoms with Crippen LogP contribution in [0.25, 0.3) is 32.2 Å². The van der Waals surface area contributed by atoms with E-state index in [1.807, 2.05) is 18.2 Å². The van der Waals surface area contributed by atoms with Gasteiger partial charge >= 0.3 is 0 Å². The quantitative estimate of drug-likeness (QED) is 0.361. The molecule has 0 saturated heterocycles. The number of hydrogen-bond acceptors (Lipinski definition) is 5. The highest BCUT2D eigenvalue weighted by atomic mass is 32.1. The maximum atomic E-state index is 14.9. The van der Waals surface area contributed by atoms with Gasteiger partial charge in [0.2, 0.25) is 0 Å². The lowest BCUT2D eigenvalue weighted by atomic mass is 9.99. The minimum Gasteiger partial charge on any atom is -0.355 e. The first-order valence-electron chi connectivity index (χ1n) is 9.74. The SMILES string of the molecule is CNC(=O)c1ccc(-c2cc3c(Nc4ccc5scnc5c4)ccnc3cc2F)c(F)c1. The summed E-state index contributed by atoms with van der Waals surface area (Å²) in [5, 5.41) is 6.41. The first kappa shape index (κ1) is 20.0. The van der Waals surface area contributed by atoms with Crippen molar-refractivity contribution < 1.29 is 13.6 Å². The lowest BCUT2D eigenvalue weighted by Gasteiger charge is -2.13. The van der Waals surface area contributed by atoms with Crippen LogP contribution in [-0.4, -0.2) is 22.9 Å². The fraction of sp³-hybridized carbons (Fsp3) is 0.0417. The van der Waals surface area contributed by atoms with Gasteiger partial charge in [-0.25, -0.2) is 13.8 Å². The van der Waals surface area contributed by atoms with E-state index in [1.54, 1.807) is 35.2 Å². The number of halogens is 2. The third-order valence-corrected chi connectivity index (χ3v) is 6.00. The Kier molecular flexibility index (Phi) is 4.99. The van der Waals surface area contributed by atoms with Crippen molar-refractivity contribution in [2.75, 3.05) is 12.4 Å². The Labute approximate surface area is 185 Å². The zero-order valence-corrected chi connectivity index (χ0v) is 17.6. The van der Waals surface area contributed by atoms with Gasteiger partial charge in [0.15, 0.2) is 0 Å². The summed E-state index contributed by atoms with van der Waals surface area (Å²) in [5.41, 5.74) is 4.94. The molecule has 158 valence electrons. The smallest absolute Gasteiger partial charge is 0.251 e. The van der Waals surface area contributed by atoms with Crippen molar-refractivity contribution in [3.63, 3.8) is 0 Å². The number of anilines is 2. The van der Waals surface area contributed by atoms with E-state index in [-0.39, 0.29) is 16.7 Å². The maximum Gasteiger partial charge on any atom is 0.251 e. The number of benzene rings is 3. The standard InChI is InChI=1S/C24H16F2N4OS/c1-27-24(31)13-2-4-15(18(25)8-13)16-10-17-20(6-7-28-21(17)11-19(16)26)30-14-3-5-23-22(9-14)29-12-32-23/h2-12H,1H3,(H,27,31)(H,28,30). The second-order valence-corrected chi connectivity index (χ2v) is 8.03. The summed E-state index contributed by atoms with van der Waals surface area (Å²) in [7, 11) is 1.46. The molecule has 2 aromatic heterocycles. The predicted octanol–water partition coefficient (Wildman–Crippen LogP) is 5.89. The minimum atomic E-state index is -0.684. The van der Waals surface area contributed by atoms with E-state index in [0.29, 0.717) is 16.6 Å². The molecule has 32 heavy (non-hydrogen) atoms. The first-order chi connectivity index (χ1) is 15.5. The number of nitrogens with one attached hydrogen (secondary N) is 2. The van der Waals surface area contributed by atoms with Gasteiger partial charge in [-0.05, 0) is 42.5 Å². The van der Waals surface area contributed by atoms with E-state index < -0.39 is 17.5 Å². The minimum absolute atomic E-state index is 0.0655. The summed E-state index contributed by atoms with van der Waals surface area (Å²) in [6.45, 7) is 0. The Balaban J connectivity index is 1.59. The summed E-state index contributed by atoms with van der Waals surface area (Å²) < 4.78 is 30.8. The lowest BCUT2D eigenvalue weighted by Crippen LogP contribution is -2.17. The summed E-state index contributed by atoms with van der Waals surface area (Å²) in [6, 6.07) is 14.5. The Morgan fingerprint density at radius 1 is 0.906 bits per heavy atom. The second-order valence-electron chi connectivity index (χ2n) is 7.14. The molecule has 0 unspecified atom stereocenters. The lowest BCUT2D eigenvalue weighted by molar-refractivity contribution is 0.0962. The topological polar surface area (TPSA) is 66.9 Å². The number of thiazole rings is 1. The first-order valence-corrected chi connectivity index (χ1v) is 10.6. The van der Waals surface area contributed by atoms with Crippen molar-refractivity contribution in [3.05, 3.63) is 83.5 Å². The van der Waals surface area contributed by atoms with Gasteiger partial charge in [0.05, 0.1) is 21.2 Å². The Morgan fingerprint density at radius 2 is 1.75 bits per heavy atom. The number of fused-ring (bicyclic) bond motifs is 2. The molecule has 5 nitrogen and oxygen atoms in total. The van der Waals surface area contributed by atoms with Gasteiger partial charge < -0.3 is 10.6 Å². The van der Waals surface area contributed by atoms with Crippen molar-refractivity contribution in [3.8, 4) is 11.1 Å². The molecular formula is C24H16F2N4OS. The van der Waals surface area contributed by atoms with Crippen molar-refractivity contribution >= 4 is 49.7 Å². The third kappa shape index (κ3) is 3.54. The van der Waals surface area contributed by atoms with Gasteiger partial charge in [-0.1, -0.05) is 6.07 Å². The van der Waals surface area contributed by atoms with E-state index in [1.165, 1.54) is 25.2 Å². The second kappa shape index (κ2) is 7.97. The fourth-order valence-corrected chi connectivity index (χ4v) is 4.25. The number of pyridine rings is 1. The van der Waals surface area contributed by atoms with Crippen LogP contribution in [0.4, 0.5) is 20.2 Å². The molecule has 0 saturated carbocycles. The van der Waals surface area contributed by atoms with E-state index in [2.05, 4.69) is 20.6 Å². The van der Waals surface area contributed by atoms with Crippen molar-refractivity contribution in [1.29, 1.82) is 0 Å². The van der Waals surface area contributed by atoms with Crippen LogP contribution in [0.2, 0.25) is 0 Å². The van der Waals surface area contributed by atoms with Crippen LogP contribution < -0.4 is 10.6 Å². The number of hydrogen-bond donors (Lipinski definition) is 2. The van der Waals surface area contributed by atoms with Gasteiger partial charge in [0.1, 0.15) is 11.6 Å². The highest BCUT2D eigenvalue weighted by Gasteiger charge is 2.16. The van der Waals surface area contributed by atoms with Gasteiger partial charge in [0, 0.05) is 52.8 Å². The number of nitrogens with zero attached hydrogens (tertiary/aromatic N) is 2. The highest BCUT2D eigenvalue weighted by molar-refractivity contribution is 7.16. The van der Waals surface area contributed by atoms with Crippen molar-refractivity contribution in [2.45, 2.75) is 0 Å². The molecule has 2 N–H and O–H groups in total. The van der Waals surface area contributed by atoms with E-state index in [4.69, 9.17) is 0 Å². The van der Waals surface area contributed by atoms with Gasteiger partial charge in [-0.15, -0.1) is 11.3 Å². The zero-order chi connectivity index (χ0) is 22.2. The molecule has 0 spiro atoms. The van der Waals surface area contributed by atoms with Gasteiger partial charge in [0.25, 0.3) is 5.91 Å². The van der Waals surface area contributed by atoms with E-state index in [9.17, 15) is 13.6 Å². The normalized spacial score (nSPS) is 11.1. The van der Waals surface area contributed by atoms with Gasteiger partial charge in [-0.2, -0.15) is 0 Å². The molecule has 0 radical (unpaired) electrons. The van der Waals surface area contributed by atoms with E-state index >= 15 is 0 Å². The summed E-state index contributed by atoms with van der Waals surface area (Å²) >= 11 is 1.56. The molecule has 0 aliphatic carbocycles. The zero-order valence-electron chi connectivity index (χ0n) is 16.8. The Morgan fingerprint density at radius 3 is 2.56 bits per heavy atom. The van der Waals surface area contributed by atoms with Crippen LogP contribution in [0.5, 0.6) is 0 Å². The summed E-state index contributed by atoms with van der Waals surface area (Å²) in [6.07, 6.45) is 1.59. The molecule has 0 bridgehead atoms. The molecule has 0 aliphatic rings. The average molecular weight is 446 g/mol. The van der Waals surface area contributed by atoms with Crippen molar-refractivity contribution in [2.24, 2.45) is 0 Å². The highest BCUT2D eigenvalue weighted by Crippen LogP contribution is 2.34. The molecule has 3 aromatic carbocycles. The van der Waals surface area contributed by atoms with Gasteiger partial charge in [-0.3, -0.25) is 9.78 Å². The largest absolute Gasteiger partial charge is 0.355 e. The Bertz CT molecular complexity index is 1500. The fourth-order valence-electron chi connectivity index (χ4n) is 3.59. The van der Waals surface area contributed by atoms with Crippen LogP contribution in [-0.2, 0) is 0 Å². The molecule has 8 heteroatoms. The molecule has 0 aliphatic heterocycles. The molecular weight excluding hydrogens is 430 g/mol. The summed E-state index contributed by atoms with van der Waals surface area (Å²) in [5.74, 6) is -1.70. The molecule has 0 atom stereocenters. The predicted molar refractivity (Wildman–Crippen MR) is 123 cm³/mol. The van der Waals surface area contributed by atoms with Crippen LogP contribution >= 0.6 is 11.3 Å². The van der Waals surface area contributed by atoms with Crippen LogP contribution in [0.15, 0.2) is 66.3 Å². The molecule has 5 aromatic rings. The number of carbonyl (C=O) groups excluding carboxylic acids is 1.